The third-order valence-corrected chi connectivity index (χ3v) is 4.41. The molecule has 86 valence electrons. The van der Waals surface area contributed by atoms with Crippen LogP contribution in [0.2, 0.25) is 0 Å². The Morgan fingerprint density at radius 1 is 1.44 bits per heavy atom. The fraction of sp³-hybridized carbons (Fsp3) is 0.700. The maximum Gasteiger partial charge on any atom is 0.317 e. The highest BCUT2D eigenvalue weighted by Gasteiger charge is 2.47. The van der Waals surface area contributed by atoms with E-state index in [1.165, 1.54) is 0 Å². The molecule has 1 N–H and O–H groups in total. The average Bonchev–Trinajstić information content (AvgIpc) is 2.92. The Hall–Kier alpha value is -1.04. The molecule has 0 radical (unpaired) electrons. The molecule has 1 saturated carbocycles. The van der Waals surface area contributed by atoms with E-state index in [1.54, 1.807) is 11.8 Å². The van der Waals surface area contributed by atoms with Gasteiger partial charge >= 0.3 is 5.97 Å². The second-order valence-electron chi connectivity index (χ2n) is 4.38. The van der Waals surface area contributed by atoms with Crippen molar-refractivity contribution in [3.63, 3.8) is 0 Å². The van der Waals surface area contributed by atoms with Crippen molar-refractivity contribution in [2.24, 2.45) is 0 Å². The molecule has 0 amide bonds. The van der Waals surface area contributed by atoms with E-state index in [0.29, 0.717) is 18.7 Å². The number of carboxylic acid groups (broad SMARTS) is 1. The first kappa shape index (κ1) is 10.1. The Bertz CT molecular complexity index is 416. The Labute approximate surface area is 97.2 Å². The topological polar surface area (TPSA) is 68.0 Å². The van der Waals surface area contributed by atoms with Crippen LogP contribution in [0.5, 0.6) is 0 Å². The minimum absolute atomic E-state index is 0.528. The van der Waals surface area contributed by atoms with Crippen molar-refractivity contribution in [3.8, 4) is 0 Å². The van der Waals surface area contributed by atoms with Gasteiger partial charge in [-0.2, -0.15) is 5.10 Å². The number of fused-ring (bicyclic) bond motifs is 1. The second kappa shape index (κ2) is 3.48. The van der Waals surface area contributed by atoms with E-state index in [0.717, 1.165) is 30.3 Å². The number of hydrogen-bond acceptors (Lipinski definition) is 4. The van der Waals surface area contributed by atoms with Crippen molar-refractivity contribution in [2.45, 2.75) is 42.8 Å². The van der Waals surface area contributed by atoms with E-state index >= 15 is 0 Å². The van der Waals surface area contributed by atoms with Crippen LogP contribution < -0.4 is 0 Å². The average molecular weight is 239 g/mol. The molecule has 1 aromatic rings. The fourth-order valence-corrected chi connectivity index (χ4v) is 3.40. The van der Waals surface area contributed by atoms with E-state index < -0.39 is 11.4 Å². The zero-order chi connectivity index (χ0) is 11.2. The van der Waals surface area contributed by atoms with E-state index in [1.807, 2.05) is 4.68 Å². The van der Waals surface area contributed by atoms with Gasteiger partial charge in [0.05, 0.1) is 6.54 Å². The minimum atomic E-state index is -0.808. The van der Waals surface area contributed by atoms with Crippen LogP contribution in [0.25, 0.3) is 0 Å². The van der Waals surface area contributed by atoms with Crippen LogP contribution >= 0.6 is 11.8 Å². The van der Waals surface area contributed by atoms with Gasteiger partial charge in [-0.3, -0.25) is 4.79 Å². The molecule has 1 aliphatic heterocycles. The van der Waals surface area contributed by atoms with Gasteiger partial charge in [0.25, 0.3) is 0 Å². The monoisotopic (exact) mass is 239 g/mol. The predicted molar refractivity (Wildman–Crippen MR) is 58.5 cm³/mol. The highest BCUT2D eigenvalue weighted by Crippen LogP contribution is 2.41. The molecule has 0 bridgehead atoms. The molecule has 1 fully saturated rings. The normalized spacial score (nSPS) is 22.2. The highest BCUT2D eigenvalue weighted by atomic mass is 32.2. The lowest BCUT2D eigenvalue weighted by Gasteiger charge is -2.19. The summed E-state index contributed by atoms with van der Waals surface area (Å²) in [5, 5.41) is 14.7. The lowest BCUT2D eigenvalue weighted by atomic mass is 9.85. The van der Waals surface area contributed by atoms with Gasteiger partial charge in [-0.15, -0.1) is 0 Å². The van der Waals surface area contributed by atoms with Gasteiger partial charge in [0, 0.05) is 5.75 Å². The van der Waals surface area contributed by atoms with Crippen LogP contribution in [-0.4, -0.2) is 31.6 Å². The lowest BCUT2D eigenvalue weighted by molar-refractivity contribution is -0.144. The molecule has 16 heavy (non-hydrogen) atoms. The summed E-state index contributed by atoms with van der Waals surface area (Å²) in [5.74, 6) is 0.759. The standard InChI is InChI=1S/C10H13N3O2S/c14-8(15)10(3-1-2-4-10)7-11-9-13(12-7)5-6-16-9/h1-6H2,(H,14,15). The molecule has 5 nitrogen and oxygen atoms in total. The number of rotatable bonds is 2. The number of aliphatic carboxylic acids is 1. The van der Waals surface area contributed by atoms with Crippen LogP contribution in [-0.2, 0) is 16.8 Å². The first-order valence-electron chi connectivity index (χ1n) is 5.54. The van der Waals surface area contributed by atoms with Gasteiger partial charge in [0.2, 0.25) is 0 Å². The quantitative estimate of drug-likeness (QED) is 0.842. The van der Waals surface area contributed by atoms with E-state index in [-0.39, 0.29) is 0 Å². The molecule has 6 heteroatoms. The van der Waals surface area contributed by atoms with Gasteiger partial charge < -0.3 is 5.11 Å². The van der Waals surface area contributed by atoms with Crippen LogP contribution in [0.4, 0.5) is 0 Å². The molecule has 2 aliphatic rings. The first-order chi connectivity index (χ1) is 7.72. The molecule has 3 rings (SSSR count). The molecule has 1 aromatic heterocycles. The van der Waals surface area contributed by atoms with Gasteiger partial charge in [0.15, 0.2) is 11.0 Å². The van der Waals surface area contributed by atoms with Gasteiger partial charge in [-0.25, -0.2) is 9.67 Å². The zero-order valence-electron chi connectivity index (χ0n) is 8.85. The summed E-state index contributed by atoms with van der Waals surface area (Å²) in [5.41, 5.74) is -0.808. The molecular formula is C10H13N3O2S. The Kier molecular flexibility index (Phi) is 2.20. The van der Waals surface area contributed by atoms with Crippen molar-refractivity contribution in [1.29, 1.82) is 0 Å². The highest BCUT2D eigenvalue weighted by molar-refractivity contribution is 7.99. The predicted octanol–water partition coefficient (Wildman–Crippen LogP) is 1.28. The zero-order valence-corrected chi connectivity index (χ0v) is 9.66. The molecule has 0 spiro atoms. The molecule has 0 aromatic carbocycles. The number of aryl methyl sites for hydroxylation is 1. The van der Waals surface area contributed by atoms with Crippen LogP contribution in [0, 0.1) is 0 Å². The molecule has 0 saturated heterocycles. The fourth-order valence-electron chi connectivity index (χ4n) is 2.52. The summed E-state index contributed by atoms with van der Waals surface area (Å²) in [6.07, 6.45) is 3.28. The third kappa shape index (κ3) is 1.29. The minimum Gasteiger partial charge on any atom is -0.480 e. The smallest absolute Gasteiger partial charge is 0.317 e. The third-order valence-electron chi connectivity index (χ3n) is 3.47. The molecular weight excluding hydrogens is 226 g/mol. The van der Waals surface area contributed by atoms with Gasteiger partial charge in [0.1, 0.15) is 5.41 Å². The number of aromatic nitrogens is 3. The van der Waals surface area contributed by atoms with Crippen molar-refractivity contribution in [3.05, 3.63) is 5.82 Å². The van der Waals surface area contributed by atoms with E-state index in [2.05, 4.69) is 10.1 Å². The SMILES string of the molecule is O=C(O)C1(c2nc3n(n2)CCS3)CCCC1. The van der Waals surface area contributed by atoms with Crippen LogP contribution in [0.15, 0.2) is 5.16 Å². The Morgan fingerprint density at radius 3 is 2.81 bits per heavy atom. The van der Waals surface area contributed by atoms with Crippen molar-refractivity contribution in [1.82, 2.24) is 14.8 Å². The number of nitrogens with zero attached hydrogens (tertiary/aromatic N) is 3. The first-order valence-corrected chi connectivity index (χ1v) is 6.52. The van der Waals surface area contributed by atoms with Crippen molar-refractivity contribution >= 4 is 17.7 Å². The van der Waals surface area contributed by atoms with Crippen LogP contribution in [0.3, 0.4) is 0 Å². The largest absolute Gasteiger partial charge is 0.480 e. The van der Waals surface area contributed by atoms with Gasteiger partial charge in [-0.1, -0.05) is 24.6 Å². The molecule has 2 heterocycles. The lowest BCUT2D eigenvalue weighted by Crippen LogP contribution is -2.34. The summed E-state index contributed by atoms with van der Waals surface area (Å²) in [6, 6.07) is 0. The summed E-state index contributed by atoms with van der Waals surface area (Å²) >= 11 is 1.65. The maximum atomic E-state index is 11.5. The van der Waals surface area contributed by atoms with Gasteiger partial charge in [-0.05, 0) is 12.8 Å². The van der Waals surface area contributed by atoms with Crippen molar-refractivity contribution in [2.75, 3.05) is 5.75 Å². The van der Waals surface area contributed by atoms with E-state index in [4.69, 9.17) is 0 Å². The summed E-state index contributed by atoms with van der Waals surface area (Å²) in [6.45, 7) is 0.850. The summed E-state index contributed by atoms with van der Waals surface area (Å²) in [7, 11) is 0. The van der Waals surface area contributed by atoms with Crippen molar-refractivity contribution < 1.29 is 9.90 Å². The molecule has 0 unspecified atom stereocenters. The molecule has 0 atom stereocenters. The Morgan fingerprint density at radius 2 is 2.19 bits per heavy atom. The van der Waals surface area contributed by atoms with E-state index in [9.17, 15) is 9.90 Å². The Balaban J connectivity index is 2.03. The van der Waals surface area contributed by atoms with Crippen LogP contribution in [0.1, 0.15) is 31.5 Å². The number of carbonyl (C=O) groups is 1. The molecule has 1 aliphatic carbocycles. The summed E-state index contributed by atoms with van der Waals surface area (Å²) < 4.78 is 1.84. The number of thioether (sulfide) groups is 1. The number of carboxylic acids is 1. The second-order valence-corrected chi connectivity index (χ2v) is 5.45. The number of hydrogen-bond donors (Lipinski definition) is 1. The maximum absolute atomic E-state index is 11.5. The summed E-state index contributed by atoms with van der Waals surface area (Å²) in [4.78, 5) is 15.9.